The van der Waals surface area contributed by atoms with Gasteiger partial charge in [-0.1, -0.05) is 18.9 Å². The molecule has 1 saturated heterocycles. The zero-order valence-electron chi connectivity index (χ0n) is 13.9. The second-order valence-corrected chi connectivity index (χ2v) is 6.73. The van der Waals surface area contributed by atoms with Crippen molar-refractivity contribution in [2.45, 2.75) is 32.2 Å². The van der Waals surface area contributed by atoms with Gasteiger partial charge in [0, 0.05) is 11.9 Å². The summed E-state index contributed by atoms with van der Waals surface area (Å²) in [5.41, 5.74) is 2.15. The maximum atomic E-state index is 5.53. The zero-order valence-corrected chi connectivity index (χ0v) is 14.7. The van der Waals surface area contributed by atoms with Gasteiger partial charge in [0.1, 0.15) is 5.01 Å². The van der Waals surface area contributed by atoms with E-state index in [1.165, 1.54) is 38.8 Å². The highest BCUT2D eigenvalue weighted by molar-refractivity contribution is 7.13. The number of hydrogen-bond donors (Lipinski definition) is 0. The van der Waals surface area contributed by atoms with Crippen LogP contribution >= 0.6 is 11.3 Å². The Bertz CT molecular complexity index is 634. The molecule has 0 unspecified atom stereocenters. The van der Waals surface area contributed by atoms with E-state index in [2.05, 4.69) is 10.3 Å². The lowest BCUT2D eigenvalue weighted by Crippen LogP contribution is -2.24. The second kappa shape index (κ2) is 7.79. The fourth-order valence-corrected chi connectivity index (χ4v) is 3.91. The van der Waals surface area contributed by atoms with Crippen LogP contribution in [0.1, 0.15) is 31.4 Å². The molecule has 1 aliphatic rings. The maximum absolute atomic E-state index is 5.53. The van der Waals surface area contributed by atoms with Gasteiger partial charge in [0.25, 0.3) is 0 Å². The number of ether oxygens (including phenoxy) is 2. The quantitative estimate of drug-likeness (QED) is 0.822. The van der Waals surface area contributed by atoms with Gasteiger partial charge < -0.3 is 9.47 Å². The average molecular weight is 332 g/mol. The molecule has 23 heavy (non-hydrogen) atoms. The van der Waals surface area contributed by atoms with Crippen molar-refractivity contribution in [2.75, 3.05) is 27.3 Å². The Morgan fingerprint density at radius 2 is 1.87 bits per heavy atom. The summed E-state index contributed by atoms with van der Waals surface area (Å²) < 4.78 is 10.9. The standard InChI is InChI=1S/C18H24N2O2S/c1-21-16-9-7-8-15(17(16)22-2)18-19-14(13-23-18)12-20-10-5-3-4-6-11-20/h7-9,13H,3-6,10-12H2,1-2H3. The molecule has 1 aromatic carbocycles. The van der Waals surface area contributed by atoms with Crippen LogP contribution in [0.4, 0.5) is 0 Å². The summed E-state index contributed by atoms with van der Waals surface area (Å²) >= 11 is 1.67. The topological polar surface area (TPSA) is 34.6 Å². The largest absolute Gasteiger partial charge is 0.493 e. The molecule has 5 heteroatoms. The summed E-state index contributed by atoms with van der Waals surface area (Å²) in [5.74, 6) is 1.50. The van der Waals surface area contributed by atoms with Gasteiger partial charge in [0.15, 0.2) is 11.5 Å². The molecule has 0 aliphatic carbocycles. The number of nitrogens with zero attached hydrogens (tertiary/aromatic N) is 2. The van der Waals surface area contributed by atoms with Gasteiger partial charge in [-0.25, -0.2) is 4.98 Å². The lowest BCUT2D eigenvalue weighted by atomic mass is 10.2. The maximum Gasteiger partial charge on any atom is 0.170 e. The first kappa shape index (κ1) is 16.3. The lowest BCUT2D eigenvalue weighted by molar-refractivity contribution is 0.274. The molecule has 0 radical (unpaired) electrons. The van der Waals surface area contributed by atoms with E-state index in [1.54, 1.807) is 25.6 Å². The van der Waals surface area contributed by atoms with Gasteiger partial charge in [-0.05, 0) is 38.1 Å². The summed E-state index contributed by atoms with van der Waals surface area (Å²) in [4.78, 5) is 7.35. The van der Waals surface area contributed by atoms with E-state index >= 15 is 0 Å². The normalized spacial score (nSPS) is 16.1. The second-order valence-electron chi connectivity index (χ2n) is 5.88. The zero-order chi connectivity index (χ0) is 16.1. The number of likely N-dealkylation sites (tertiary alicyclic amines) is 1. The average Bonchev–Trinajstić information content (AvgIpc) is 2.89. The minimum Gasteiger partial charge on any atom is -0.493 e. The molecule has 1 fully saturated rings. The van der Waals surface area contributed by atoms with Crippen molar-refractivity contribution in [3.05, 3.63) is 29.3 Å². The number of thiazole rings is 1. The van der Waals surface area contributed by atoms with Crippen LogP contribution in [0, 0.1) is 0 Å². The predicted molar refractivity (Wildman–Crippen MR) is 94.4 cm³/mol. The first-order valence-corrected chi connectivity index (χ1v) is 9.08. The Kier molecular flexibility index (Phi) is 5.51. The third-order valence-electron chi connectivity index (χ3n) is 4.27. The van der Waals surface area contributed by atoms with Crippen LogP contribution in [0.3, 0.4) is 0 Å². The van der Waals surface area contributed by atoms with E-state index in [9.17, 15) is 0 Å². The van der Waals surface area contributed by atoms with Crippen LogP contribution in [-0.4, -0.2) is 37.2 Å². The minimum absolute atomic E-state index is 0.745. The molecule has 1 aromatic heterocycles. The molecule has 0 atom stereocenters. The number of hydrogen-bond acceptors (Lipinski definition) is 5. The van der Waals surface area contributed by atoms with Crippen molar-refractivity contribution in [3.63, 3.8) is 0 Å². The molecule has 0 N–H and O–H groups in total. The van der Waals surface area contributed by atoms with E-state index in [0.717, 1.165) is 34.3 Å². The summed E-state index contributed by atoms with van der Waals surface area (Å²) in [6.07, 6.45) is 5.33. The number of para-hydroxylation sites is 1. The molecule has 1 aliphatic heterocycles. The van der Waals surface area contributed by atoms with Crippen molar-refractivity contribution < 1.29 is 9.47 Å². The highest BCUT2D eigenvalue weighted by atomic mass is 32.1. The highest BCUT2D eigenvalue weighted by Gasteiger charge is 2.16. The summed E-state index contributed by atoms with van der Waals surface area (Å²) in [6.45, 7) is 3.33. The Morgan fingerprint density at radius 3 is 2.57 bits per heavy atom. The first-order valence-electron chi connectivity index (χ1n) is 8.20. The fourth-order valence-electron chi connectivity index (χ4n) is 3.08. The van der Waals surface area contributed by atoms with E-state index < -0.39 is 0 Å². The summed E-state index contributed by atoms with van der Waals surface area (Å²) in [6, 6.07) is 5.93. The van der Waals surface area contributed by atoms with Gasteiger partial charge >= 0.3 is 0 Å². The van der Waals surface area contributed by atoms with Crippen LogP contribution in [0.25, 0.3) is 10.6 Å². The van der Waals surface area contributed by atoms with Gasteiger partial charge in [-0.2, -0.15) is 0 Å². The molecule has 0 spiro atoms. The van der Waals surface area contributed by atoms with Crippen LogP contribution in [0.5, 0.6) is 11.5 Å². The molecular weight excluding hydrogens is 308 g/mol. The Labute approximate surface area is 142 Å². The number of methoxy groups -OCH3 is 2. The van der Waals surface area contributed by atoms with Crippen LogP contribution in [-0.2, 0) is 6.54 Å². The van der Waals surface area contributed by atoms with E-state index in [4.69, 9.17) is 14.5 Å². The third-order valence-corrected chi connectivity index (χ3v) is 5.19. The van der Waals surface area contributed by atoms with Crippen molar-refractivity contribution >= 4 is 11.3 Å². The Morgan fingerprint density at radius 1 is 1.09 bits per heavy atom. The van der Waals surface area contributed by atoms with Gasteiger partial charge in [0.05, 0.1) is 25.5 Å². The van der Waals surface area contributed by atoms with Crippen LogP contribution in [0.15, 0.2) is 23.6 Å². The minimum atomic E-state index is 0.745. The van der Waals surface area contributed by atoms with Crippen LogP contribution in [0.2, 0.25) is 0 Å². The van der Waals surface area contributed by atoms with Crippen LogP contribution < -0.4 is 9.47 Å². The summed E-state index contributed by atoms with van der Waals surface area (Å²) in [5, 5.41) is 3.16. The number of benzene rings is 1. The molecule has 3 rings (SSSR count). The van der Waals surface area contributed by atoms with E-state index in [1.807, 2.05) is 18.2 Å². The van der Waals surface area contributed by atoms with E-state index in [0.29, 0.717) is 0 Å². The van der Waals surface area contributed by atoms with Crippen molar-refractivity contribution in [2.24, 2.45) is 0 Å². The molecule has 124 valence electrons. The Hall–Kier alpha value is -1.59. The smallest absolute Gasteiger partial charge is 0.170 e. The van der Waals surface area contributed by atoms with Gasteiger partial charge in [-0.15, -0.1) is 11.3 Å². The number of aromatic nitrogens is 1. The van der Waals surface area contributed by atoms with Crippen molar-refractivity contribution in [1.82, 2.24) is 9.88 Å². The molecule has 2 aromatic rings. The third kappa shape index (κ3) is 3.85. The molecule has 2 heterocycles. The van der Waals surface area contributed by atoms with E-state index in [-0.39, 0.29) is 0 Å². The van der Waals surface area contributed by atoms with Crippen molar-refractivity contribution in [1.29, 1.82) is 0 Å². The SMILES string of the molecule is COc1cccc(-c2nc(CN3CCCCCC3)cs2)c1OC. The van der Waals surface area contributed by atoms with Gasteiger partial charge in [-0.3, -0.25) is 4.90 Å². The molecule has 0 saturated carbocycles. The fraction of sp³-hybridized carbons (Fsp3) is 0.500. The lowest BCUT2D eigenvalue weighted by Gasteiger charge is -2.18. The predicted octanol–water partition coefficient (Wildman–Crippen LogP) is 4.20. The van der Waals surface area contributed by atoms with Gasteiger partial charge in [0.2, 0.25) is 0 Å². The molecule has 0 bridgehead atoms. The highest BCUT2D eigenvalue weighted by Crippen LogP contribution is 2.39. The first-order chi connectivity index (χ1) is 11.3. The molecular formula is C18H24N2O2S. The Balaban J connectivity index is 1.79. The summed E-state index contributed by atoms with van der Waals surface area (Å²) in [7, 11) is 3.33. The number of rotatable bonds is 5. The van der Waals surface area contributed by atoms with Crippen molar-refractivity contribution in [3.8, 4) is 22.1 Å². The monoisotopic (exact) mass is 332 g/mol. The molecule has 0 amide bonds. The molecule has 4 nitrogen and oxygen atoms in total.